The van der Waals surface area contributed by atoms with Crippen LogP contribution in [0.5, 0.6) is 0 Å². The van der Waals surface area contributed by atoms with Gasteiger partial charge < -0.3 is 4.90 Å². The third kappa shape index (κ3) is 3.23. The lowest BCUT2D eigenvalue weighted by Crippen LogP contribution is -2.52. The van der Waals surface area contributed by atoms with Crippen molar-refractivity contribution in [3.63, 3.8) is 0 Å². The van der Waals surface area contributed by atoms with Gasteiger partial charge in [0.05, 0.1) is 11.3 Å². The molecule has 27 heavy (non-hydrogen) atoms. The maximum absolute atomic E-state index is 13.1. The second-order valence-electron chi connectivity index (χ2n) is 7.58. The number of carbonyl (C=O) groups is 1. The van der Waals surface area contributed by atoms with Crippen LogP contribution < -0.4 is 0 Å². The lowest BCUT2D eigenvalue weighted by atomic mass is 9.81. The summed E-state index contributed by atoms with van der Waals surface area (Å²) in [5, 5.41) is 11.6. The highest BCUT2D eigenvalue weighted by Gasteiger charge is 2.40. The normalized spacial score (nSPS) is 19.4. The van der Waals surface area contributed by atoms with Gasteiger partial charge in [-0.05, 0) is 44.6 Å². The molecule has 0 aliphatic heterocycles. The molecule has 142 valence electrons. The summed E-state index contributed by atoms with van der Waals surface area (Å²) in [4.78, 5) is 26.3. The number of amides is 1. The predicted octanol–water partition coefficient (Wildman–Crippen LogP) is 4.35. The Morgan fingerprint density at radius 3 is 2.81 bits per heavy atom. The second-order valence-corrected chi connectivity index (χ2v) is 9.99. The monoisotopic (exact) mass is 400 g/mol. The number of rotatable bonds is 4. The molecular weight excluding hydrogens is 376 g/mol. The number of thiophene rings is 1. The number of carbonyl (C=O) groups excluding carboxylic acids is 1. The van der Waals surface area contributed by atoms with Crippen molar-refractivity contribution in [2.75, 3.05) is 7.05 Å². The van der Waals surface area contributed by atoms with E-state index in [4.69, 9.17) is 0 Å². The van der Waals surface area contributed by atoms with Gasteiger partial charge in [-0.1, -0.05) is 31.0 Å². The van der Waals surface area contributed by atoms with Gasteiger partial charge in [-0.3, -0.25) is 4.79 Å². The van der Waals surface area contributed by atoms with E-state index in [1.54, 1.807) is 29.6 Å². The minimum atomic E-state index is -0.644. The van der Waals surface area contributed by atoms with Gasteiger partial charge in [0, 0.05) is 17.3 Å². The SMILES string of the molecule is C[C@H](Sc1ncnc2sc3c(c12)CCC3)C(=O)N(C)C1(C#N)CCCCC1. The van der Waals surface area contributed by atoms with Crippen LogP contribution in [0.25, 0.3) is 10.2 Å². The van der Waals surface area contributed by atoms with Crippen molar-refractivity contribution >= 4 is 39.2 Å². The van der Waals surface area contributed by atoms with E-state index in [9.17, 15) is 10.1 Å². The highest BCUT2D eigenvalue weighted by molar-refractivity contribution is 8.00. The Kier molecular flexibility index (Phi) is 5.13. The number of hydrogen-bond acceptors (Lipinski definition) is 6. The van der Waals surface area contributed by atoms with Crippen molar-refractivity contribution in [2.45, 2.75) is 74.1 Å². The number of fused-ring (bicyclic) bond motifs is 3. The fourth-order valence-electron chi connectivity index (χ4n) is 4.35. The van der Waals surface area contributed by atoms with Crippen LogP contribution in [-0.4, -0.2) is 38.6 Å². The fourth-order valence-corrected chi connectivity index (χ4v) is 6.68. The first kappa shape index (κ1) is 18.7. The molecule has 1 amide bonds. The van der Waals surface area contributed by atoms with E-state index in [1.165, 1.54) is 28.6 Å². The smallest absolute Gasteiger partial charge is 0.236 e. The Bertz CT molecular complexity index is 911. The summed E-state index contributed by atoms with van der Waals surface area (Å²) < 4.78 is 0. The summed E-state index contributed by atoms with van der Waals surface area (Å²) in [7, 11) is 1.80. The lowest BCUT2D eigenvalue weighted by Gasteiger charge is -2.40. The zero-order valence-corrected chi connectivity index (χ0v) is 17.5. The molecule has 2 aromatic rings. The van der Waals surface area contributed by atoms with Crippen molar-refractivity contribution in [2.24, 2.45) is 0 Å². The Labute approximate surface area is 168 Å². The van der Waals surface area contributed by atoms with Crippen LogP contribution >= 0.6 is 23.1 Å². The first-order valence-electron chi connectivity index (χ1n) is 9.66. The van der Waals surface area contributed by atoms with Gasteiger partial charge in [-0.25, -0.2) is 9.97 Å². The standard InChI is InChI=1S/C20H24N4OS2/c1-13(19(25)24(2)20(11-21)9-4-3-5-10-20)26-17-16-14-7-6-8-15(14)27-18(16)23-12-22-17/h12-13H,3-10H2,1-2H3/t13-/m0/s1. The molecule has 0 spiro atoms. The molecule has 0 aromatic carbocycles. The van der Waals surface area contributed by atoms with Gasteiger partial charge >= 0.3 is 0 Å². The minimum Gasteiger partial charge on any atom is -0.326 e. The molecule has 5 nitrogen and oxygen atoms in total. The molecule has 0 unspecified atom stereocenters. The molecule has 2 aliphatic carbocycles. The third-order valence-corrected chi connectivity index (χ3v) is 8.25. The molecular formula is C20H24N4OS2. The Hall–Kier alpha value is -1.65. The highest BCUT2D eigenvalue weighted by Crippen LogP contribution is 2.41. The van der Waals surface area contributed by atoms with Crippen LogP contribution in [0.15, 0.2) is 11.4 Å². The van der Waals surface area contributed by atoms with Crippen LogP contribution in [0.3, 0.4) is 0 Å². The van der Waals surface area contributed by atoms with E-state index in [2.05, 4.69) is 16.0 Å². The Morgan fingerprint density at radius 1 is 1.30 bits per heavy atom. The average Bonchev–Trinajstić information content (AvgIpc) is 3.28. The number of nitrogens with zero attached hydrogens (tertiary/aromatic N) is 4. The first-order valence-corrected chi connectivity index (χ1v) is 11.4. The quantitative estimate of drug-likeness (QED) is 0.564. The van der Waals surface area contributed by atoms with Crippen molar-refractivity contribution in [1.82, 2.24) is 14.9 Å². The van der Waals surface area contributed by atoms with E-state index in [0.717, 1.165) is 60.2 Å². The van der Waals surface area contributed by atoms with E-state index in [1.807, 2.05) is 6.92 Å². The highest BCUT2D eigenvalue weighted by atomic mass is 32.2. The van der Waals surface area contributed by atoms with Gasteiger partial charge in [-0.2, -0.15) is 5.26 Å². The van der Waals surface area contributed by atoms with Crippen LogP contribution in [0, 0.1) is 11.3 Å². The average molecular weight is 401 g/mol. The zero-order chi connectivity index (χ0) is 19.0. The predicted molar refractivity (Wildman–Crippen MR) is 109 cm³/mol. The molecule has 0 bridgehead atoms. The number of hydrogen-bond donors (Lipinski definition) is 0. The van der Waals surface area contributed by atoms with E-state index < -0.39 is 5.54 Å². The lowest BCUT2D eigenvalue weighted by molar-refractivity contribution is -0.133. The Balaban J connectivity index is 1.57. The van der Waals surface area contributed by atoms with Crippen LogP contribution in [0.1, 0.15) is 55.9 Å². The van der Waals surface area contributed by atoms with Gasteiger partial charge in [0.1, 0.15) is 21.7 Å². The molecule has 0 N–H and O–H groups in total. The molecule has 4 rings (SSSR count). The molecule has 2 aliphatic rings. The minimum absolute atomic E-state index is 0.0158. The van der Waals surface area contributed by atoms with E-state index in [-0.39, 0.29) is 11.2 Å². The maximum Gasteiger partial charge on any atom is 0.236 e. The Morgan fingerprint density at radius 2 is 2.07 bits per heavy atom. The van der Waals surface area contributed by atoms with Crippen molar-refractivity contribution < 1.29 is 4.79 Å². The molecule has 0 saturated heterocycles. The van der Waals surface area contributed by atoms with Gasteiger partial charge in [0.2, 0.25) is 5.91 Å². The van der Waals surface area contributed by atoms with E-state index >= 15 is 0 Å². The maximum atomic E-state index is 13.1. The first-order chi connectivity index (χ1) is 13.1. The molecule has 1 saturated carbocycles. The zero-order valence-electron chi connectivity index (χ0n) is 15.8. The van der Waals surface area contributed by atoms with Crippen LogP contribution in [-0.2, 0) is 17.6 Å². The molecule has 1 fully saturated rings. The number of aromatic nitrogens is 2. The van der Waals surface area contributed by atoms with Crippen LogP contribution in [0.2, 0.25) is 0 Å². The van der Waals surface area contributed by atoms with Crippen molar-refractivity contribution in [3.05, 3.63) is 16.8 Å². The molecule has 7 heteroatoms. The summed E-state index contributed by atoms with van der Waals surface area (Å²) >= 11 is 3.27. The second kappa shape index (κ2) is 7.40. The molecule has 2 heterocycles. The third-order valence-electron chi connectivity index (χ3n) is 5.96. The summed E-state index contributed by atoms with van der Waals surface area (Å²) in [6, 6.07) is 2.45. The van der Waals surface area contributed by atoms with Crippen molar-refractivity contribution in [1.29, 1.82) is 5.26 Å². The van der Waals surface area contributed by atoms with E-state index in [0.29, 0.717) is 0 Å². The summed E-state index contributed by atoms with van der Waals surface area (Å²) in [5.74, 6) is 0.0158. The van der Waals surface area contributed by atoms with Crippen molar-refractivity contribution in [3.8, 4) is 6.07 Å². The number of nitriles is 1. The van der Waals surface area contributed by atoms with Crippen LogP contribution in [0.4, 0.5) is 0 Å². The van der Waals surface area contributed by atoms with Gasteiger partial charge in [0.25, 0.3) is 0 Å². The molecule has 2 aromatic heterocycles. The molecule has 0 radical (unpaired) electrons. The molecule has 1 atom stereocenters. The largest absolute Gasteiger partial charge is 0.326 e. The van der Waals surface area contributed by atoms with Gasteiger partial charge in [-0.15, -0.1) is 11.3 Å². The summed E-state index contributed by atoms with van der Waals surface area (Å²) in [6.07, 6.45) is 9.74. The fraction of sp³-hybridized carbons (Fsp3) is 0.600. The van der Waals surface area contributed by atoms with Gasteiger partial charge in [0.15, 0.2) is 0 Å². The summed E-state index contributed by atoms with van der Waals surface area (Å²) in [5.41, 5.74) is 0.737. The number of aryl methyl sites for hydroxylation is 2. The summed E-state index contributed by atoms with van der Waals surface area (Å²) in [6.45, 7) is 1.93. The number of thioether (sulfide) groups is 1. The topological polar surface area (TPSA) is 69.9 Å².